The van der Waals surface area contributed by atoms with Crippen LogP contribution >= 0.6 is 0 Å². The van der Waals surface area contributed by atoms with Gasteiger partial charge in [-0.2, -0.15) is 5.10 Å². The fraction of sp³-hybridized carbons (Fsp3) is 0.786. The second-order valence-corrected chi connectivity index (χ2v) is 6.25. The van der Waals surface area contributed by atoms with Gasteiger partial charge in [-0.3, -0.25) is 5.10 Å². The molecule has 2 heterocycles. The van der Waals surface area contributed by atoms with Gasteiger partial charge < -0.3 is 4.90 Å². The van der Waals surface area contributed by atoms with Crippen LogP contribution in [-0.2, 0) is 5.41 Å². The molecule has 1 aliphatic heterocycles. The van der Waals surface area contributed by atoms with Gasteiger partial charge in [-0.1, -0.05) is 6.92 Å². The Morgan fingerprint density at radius 1 is 1.29 bits per heavy atom. The van der Waals surface area contributed by atoms with Gasteiger partial charge in [0.2, 0.25) is 0 Å². The van der Waals surface area contributed by atoms with E-state index in [4.69, 9.17) is 0 Å². The molecule has 17 heavy (non-hydrogen) atoms. The molecule has 1 saturated heterocycles. The van der Waals surface area contributed by atoms with Gasteiger partial charge in [0.25, 0.3) is 0 Å². The molecule has 1 N–H and O–H groups in total. The molecule has 94 valence electrons. The van der Waals surface area contributed by atoms with Crippen LogP contribution in [0.5, 0.6) is 0 Å². The highest BCUT2D eigenvalue weighted by molar-refractivity contribution is 5.35. The summed E-state index contributed by atoms with van der Waals surface area (Å²) in [4.78, 5) is 2.42. The van der Waals surface area contributed by atoms with E-state index in [0.717, 1.165) is 0 Å². The van der Waals surface area contributed by atoms with Gasteiger partial charge in [-0.15, -0.1) is 0 Å². The number of rotatable bonds is 2. The molecule has 3 rings (SSSR count). The molecular formula is C14H23N3. The van der Waals surface area contributed by atoms with Crippen LogP contribution in [0.2, 0.25) is 0 Å². The molecular weight excluding hydrogens is 210 g/mol. The molecule has 1 saturated carbocycles. The number of nitrogens with one attached hydrogen (secondary N) is 1. The molecule has 0 radical (unpaired) electrons. The Hall–Kier alpha value is -0.830. The van der Waals surface area contributed by atoms with Crippen molar-refractivity contribution in [1.82, 2.24) is 15.1 Å². The lowest BCUT2D eigenvalue weighted by molar-refractivity contribution is 0.253. The third-order valence-corrected chi connectivity index (χ3v) is 4.75. The summed E-state index contributed by atoms with van der Waals surface area (Å²) in [5.41, 5.74) is 4.59. The van der Waals surface area contributed by atoms with Crippen LogP contribution in [0, 0.1) is 6.92 Å². The SMILES string of the molecule is Cc1c(C2(C)CC2)n[nH]c1C1CCN(C)CC1. The van der Waals surface area contributed by atoms with Crippen molar-refractivity contribution in [2.45, 2.75) is 50.9 Å². The summed E-state index contributed by atoms with van der Waals surface area (Å²) in [6, 6.07) is 0. The molecule has 0 unspecified atom stereocenters. The number of H-pyrrole nitrogens is 1. The van der Waals surface area contributed by atoms with Crippen LogP contribution in [0.4, 0.5) is 0 Å². The molecule has 0 spiro atoms. The number of piperidine rings is 1. The quantitative estimate of drug-likeness (QED) is 0.851. The normalized spacial score (nSPS) is 25.1. The number of aromatic nitrogens is 2. The van der Waals surface area contributed by atoms with Gasteiger partial charge in [0, 0.05) is 17.0 Å². The summed E-state index contributed by atoms with van der Waals surface area (Å²) in [5, 5.41) is 7.94. The first-order chi connectivity index (χ1) is 8.10. The first-order valence-corrected chi connectivity index (χ1v) is 6.84. The van der Waals surface area contributed by atoms with Gasteiger partial charge in [0.05, 0.1) is 5.69 Å². The molecule has 0 amide bonds. The Morgan fingerprint density at radius 2 is 1.94 bits per heavy atom. The molecule has 1 aliphatic carbocycles. The molecule has 2 fully saturated rings. The van der Waals surface area contributed by atoms with Crippen LogP contribution < -0.4 is 0 Å². The van der Waals surface area contributed by atoms with E-state index in [2.05, 4.69) is 36.0 Å². The fourth-order valence-corrected chi connectivity index (χ4v) is 3.12. The Bertz CT molecular complexity index is 409. The highest BCUT2D eigenvalue weighted by atomic mass is 15.1. The van der Waals surface area contributed by atoms with Crippen LogP contribution in [0.25, 0.3) is 0 Å². The molecule has 1 aromatic rings. The summed E-state index contributed by atoms with van der Waals surface area (Å²) < 4.78 is 0. The van der Waals surface area contributed by atoms with E-state index in [1.54, 1.807) is 0 Å². The average molecular weight is 233 g/mol. The van der Waals surface area contributed by atoms with Gasteiger partial charge in [-0.25, -0.2) is 0 Å². The number of likely N-dealkylation sites (tertiary alicyclic amines) is 1. The lowest BCUT2D eigenvalue weighted by atomic mass is 9.89. The Balaban J connectivity index is 1.82. The van der Waals surface area contributed by atoms with Gasteiger partial charge in [0.1, 0.15) is 0 Å². The molecule has 2 aliphatic rings. The Labute approximate surface area is 104 Å². The monoisotopic (exact) mass is 233 g/mol. The first kappa shape index (κ1) is 11.3. The predicted octanol–water partition coefficient (Wildman–Crippen LogP) is 2.58. The summed E-state index contributed by atoms with van der Waals surface area (Å²) in [6.45, 7) is 7.04. The third-order valence-electron chi connectivity index (χ3n) is 4.75. The van der Waals surface area contributed by atoms with Crippen molar-refractivity contribution in [1.29, 1.82) is 0 Å². The molecule has 0 bridgehead atoms. The second kappa shape index (κ2) is 3.84. The van der Waals surface area contributed by atoms with Crippen LogP contribution in [0.3, 0.4) is 0 Å². The van der Waals surface area contributed by atoms with E-state index in [9.17, 15) is 0 Å². The van der Waals surface area contributed by atoms with Crippen molar-refractivity contribution >= 4 is 0 Å². The molecule has 0 aromatic carbocycles. The molecule has 3 nitrogen and oxygen atoms in total. The minimum Gasteiger partial charge on any atom is -0.306 e. The largest absolute Gasteiger partial charge is 0.306 e. The lowest BCUT2D eigenvalue weighted by Crippen LogP contribution is -2.29. The number of hydrogen-bond donors (Lipinski definition) is 1. The Morgan fingerprint density at radius 3 is 2.53 bits per heavy atom. The van der Waals surface area contributed by atoms with E-state index in [1.165, 1.54) is 55.7 Å². The Kier molecular flexibility index (Phi) is 2.54. The van der Waals surface area contributed by atoms with Crippen LogP contribution in [-0.4, -0.2) is 35.2 Å². The van der Waals surface area contributed by atoms with E-state index in [-0.39, 0.29) is 0 Å². The topological polar surface area (TPSA) is 31.9 Å². The summed E-state index contributed by atoms with van der Waals surface area (Å²) >= 11 is 0. The second-order valence-electron chi connectivity index (χ2n) is 6.25. The van der Waals surface area contributed by atoms with E-state index >= 15 is 0 Å². The standard InChI is InChI=1S/C14H23N3/c1-10-12(11-4-8-17(3)9-5-11)15-16-13(10)14(2)6-7-14/h11H,4-9H2,1-3H3,(H,15,16). The molecule has 1 aromatic heterocycles. The first-order valence-electron chi connectivity index (χ1n) is 6.84. The van der Waals surface area contributed by atoms with Crippen molar-refractivity contribution in [3.05, 3.63) is 17.0 Å². The van der Waals surface area contributed by atoms with Gasteiger partial charge in [-0.05, 0) is 58.3 Å². The lowest BCUT2D eigenvalue weighted by Gasteiger charge is -2.28. The van der Waals surface area contributed by atoms with E-state index in [0.29, 0.717) is 11.3 Å². The number of aromatic amines is 1. The van der Waals surface area contributed by atoms with Crippen LogP contribution in [0.1, 0.15) is 55.5 Å². The fourth-order valence-electron chi connectivity index (χ4n) is 3.12. The zero-order chi connectivity index (χ0) is 12.0. The molecule has 0 atom stereocenters. The van der Waals surface area contributed by atoms with Crippen molar-refractivity contribution < 1.29 is 0 Å². The summed E-state index contributed by atoms with van der Waals surface area (Å²) in [7, 11) is 2.21. The van der Waals surface area contributed by atoms with Gasteiger partial charge >= 0.3 is 0 Å². The highest BCUT2D eigenvalue weighted by Gasteiger charge is 2.43. The zero-order valence-corrected chi connectivity index (χ0v) is 11.2. The van der Waals surface area contributed by atoms with Crippen LogP contribution in [0.15, 0.2) is 0 Å². The van der Waals surface area contributed by atoms with Crippen molar-refractivity contribution in [2.75, 3.05) is 20.1 Å². The summed E-state index contributed by atoms with van der Waals surface area (Å²) in [6.07, 6.45) is 5.17. The summed E-state index contributed by atoms with van der Waals surface area (Å²) in [5.74, 6) is 0.704. The van der Waals surface area contributed by atoms with E-state index < -0.39 is 0 Å². The third kappa shape index (κ3) is 1.90. The minimum absolute atomic E-state index is 0.393. The molecule has 3 heteroatoms. The highest BCUT2D eigenvalue weighted by Crippen LogP contribution is 2.48. The van der Waals surface area contributed by atoms with Crippen molar-refractivity contribution in [2.24, 2.45) is 0 Å². The van der Waals surface area contributed by atoms with Crippen molar-refractivity contribution in [3.8, 4) is 0 Å². The number of nitrogens with zero attached hydrogens (tertiary/aromatic N) is 2. The van der Waals surface area contributed by atoms with E-state index in [1.807, 2.05) is 0 Å². The van der Waals surface area contributed by atoms with Crippen molar-refractivity contribution in [3.63, 3.8) is 0 Å². The predicted molar refractivity (Wildman–Crippen MR) is 69.4 cm³/mol. The average Bonchev–Trinajstić information content (AvgIpc) is 2.92. The maximum absolute atomic E-state index is 4.61. The maximum atomic E-state index is 4.61. The van der Waals surface area contributed by atoms with Gasteiger partial charge in [0.15, 0.2) is 0 Å². The number of hydrogen-bond acceptors (Lipinski definition) is 2. The zero-order valence-electron chi connectivity index (χ0n) is 11.2. The smallest absolute Gasteiger partial charge is 0.0713 e. The maximum Gasteiger partial charge on any atom is 0.0713 e. The minimum atomic E-state index is 0.393.